The van der Waals surface area contributed by atoms with Gasteiger partial charge in [0.15, 0.2) is 0 Å². The molecule has 0 atom stereocenters. The van der Waals surface area contributed by atoms with Crippen molar-refractivity contribution in [1.82, 2.24) is 0 Å². The van der Waals surface area contributed by atoms with Gasteiger partial charge >= 0.3 is 0 Å². The van der Waals surface area contributed by atoms with Crippen molar-refractivity contribution in [3.63, 3.8) is 0 Å². The fourth-order valence-electron chi connectivity index (χ4n) is 2.63. The van der Waals surface area contributed by atoms with Gasteiger partial charge in [0.1, 0.15) is 5.75 Å². The Labute approximate surface area is 106 Å². The van der Waals surface area contributed by atoms with Crippen LogP contribution in [-0.2, 0) is 6.42 Å². The van der Waals surface area contributed by atoms with E-state index in [1.807, 2.05) is 6.07 Å². The lowest BCUT2D eigenvalue weighted by Gasteiger charge is -2.23. The van der Waals surface area contributed by atoms with Gasteiger partial charge in [0.25, 0.3) is 5.69 Å². The molecule has 1 saturated carbocycles. The Balaban J connectivity index is 2.26. The summed E-state index contributed by atoms with van der Waals surface area (Å²) in [5, 5.41) is 10.9. The third-order valence-corrected chi connectivity index (χ3v) is 3.55. The summed E-state index contributed by atoms with van der Waals surface area (Å²) in [5.41, 5.74) is 7.03. The standard InChI is InChI=1S/C13H18N2O3/c1-18-12-7-10(6-11(8-12)15(16)17)9-13(14)4-2-3-5-13/h6-8H,2-5,9,14H2,1H3. The van der Waals surface area contributed by atoms with Gasteiger partial charge < -0.3 is 10.5 Å². The number of hydrogen-bond acceptors (Lipinski definition) is 4. The first-order valence-electron chi connectivity index (χ1n) is 6.14. The number of nitro groups is 1. The van der Waals surface area contributed by atoms with Crippen LogP contribution in [-0.4, -0.2) is 17.6 Å². The molecule has 2 N–H and O–H groups in total. The zero-order valence-electron chi connectivity index (χ0n) is 10.5. The van der Waals surface area contributed by atoms with Crippen molar-refractivity contribution >= 4 is 5.69 Å². The topological polar surface area (TPSA) is 78.4 Å². The molecule has 1 fully saturated rings. The Bertz CT molecular complexity index is 454. The lowest BCUT2D eigenvalue weighted by atomic mass is 9.90. The molecule has 1 aliphatic carbocycles. The lowest BCUT2D eigenvalue weighted by molar-refractivity contribution is -0.385. The van der Waals surface area contributed by atoms with Crippen LogP contribution in [0.25, 0.3) is 0 Å². The monoisotopic (exact) mass is 250 g/mol. The number of nitrogens with two attached hydrogens (primary N) is 1. The second-order valence-corrected chi connectivity index (χ2v) is 5.04. The number of non-ortho nitro benzene ring substituents is 1. The summed E-state index contributed by atoms with van der Waals surface area (Å²) in [6.07, 6.45) is 4.92. The molecule has 0 saturated heterocycles. The molecule has 1 aliphatic rings. The quantitative estimate of drug-likeness (QED) is 0.657. The minimum Gasteiger partial charge on any atom is -0.496 e. The molecule has 0 unspecified atom stereocenters. The Morgan fingerprint density at radius 2 is 2.06 bits per heavy atom. The SMILES string of the molecule is COc1cc(CC2(N)CCCC2)cc([N+](=O)[O-])c1. The molecule has 0 radical (unpaired) electrons. The molecule has 18 heavy (non-hydrogen) atoms. The predicted octanol–water partition coefficient (Wildman–Crippen LogP) is 2.42. The maximum absolute atomic E-state index is 10.9. The molecule has 5 heteroatoms. The maximum atomic E-state index is 10.9. The first kappa shape index (κ1) is 12.8. The Morgan fingerprint density at radius 3 is 2.61 bits per heavy atom. The van der Waals surface area contributed by atoms with Crippen LogP contribution in [0.1, 0.15) is 31.2 Å². The Hall–Kier alpha value is -1.62. The van der Waals surface area contributed by atoms with E-state index in [2.05, 4.69) is 0 Å². The van der Waals surface area contributed by atoms with Crippen LogP contribution in [0, 0.1) is 10.1 Å². The first-order chi connectivity index (χ1) is 8.52. The van der Waals surface area contributed by atoms with E-state index in [1.54, 1.807) is 6.07 Å². The van der Waals surface area contributed by atoms with E-state index in [1.165, 1.54) is 13.2 Å². The van der Waals surface area contributed by atoms with Gasteiger partial charge in [-0.05, 0) is 30.9 Å². The molecule has 1 aromatic carbocycles. The first-order valence-corrected chi connectivity index (χ1v) is 6.14. The van der Waals surface area contributed by atoms with Gasteiger partial charge in [0.2, 0.25) is 0 Å². The van der Waals surface area contributed by atoms with Gasteiger partial charge in [-0.1, -0.05) is 12.8 Å². The van der Waals surface area contributed by atoms with Crippen molar-refractivity contribution in [3.05, 3.63) is 33.9 Å². The van der Waals surface area contributed by atoms with Crippen LogP contribution in [0.3, 0.4) is 0 Å². The summed E-state index contributed by atoms with van der Waals surface area (Å²) in [7, 11) is 1.51. The zero-order chi connectivity index (χ0) is 13.2. The maximum Gasteiger partial charge on any atom is 0.273 e. The third kappa shape index (κ3) is 2.79. The van der Waals surface area contributed by atoms with Gasteiger partial charge in [-0.2, -0.15) is 0 Å². The van der Waals surface area contributed by atoms with Crippen molar-refractivity contribution in [3.8, 4) is 5.75 Å². The molecule has 0 aliphatic heterocycles. The largest absolute Gasteiger partial charge is 0.496 e. The van der Waals surface area contributed by atoms with Crippen molar-refractivity contribution in [2.75, 3.05) is 7.11 Å². The van der Waals surface area contributed by atoms with Crippen LogP contribution < -0.4 is 10.5 Å². The number of ether oxygens (including phenoxy) is 1. The summed E-state index contributed by atoms with van der Waals surface area (Å²) in [5.74, 6) is 0.515. The van der Waals surface area contributed by atoms with E-state index in [0.29, 0.717) is 12.2 Å². The van der Waals surface area contributed by atoms with Gasteiger partial charge in [-0.3, -0.25) is 10.1 Å². The second kappa shape index (κ2) is 4.94. The lowest BCUT2D eigenvalue weighted by Crippen LogP contribution is -2.38. The molecular weight excluding hydrogens is 232 g/mol. The van der Waals surface area contributed by atoms with Crippen molar-refractivity contribution in [2.45, 2.75) is 37.6 Å². The molecule has 98 valence electrons. The van der Waals surface area contributed by atoms with E-state index in [-0.39, 0.29) is 11.2 Å². The van der Waals surface area contributed by atoms with Gasteiger partial charge in [0, 0.05) is 11.6 Å². The summed E-state index contributed by atoms with van der Waals surface area (Å²) in [6, 6.07) is 4.86. The number of nitro benzene ring substituents is 1. The second-order valence-electron chi connectivity index (χ2n) is 5.04. The summed E-state index contributed by atoms with van der Waals surface area (Å²) >= 11 is 0. The summed E-state index contributed by atoms with van der Waals surface area (Å²) < 4.78 is 5.10. The van der Waals surface area contributed by atoms with Gasteiger partial charge in [0.05, 0.1) is 18.1 Å². The van der Waals surface area contributed by atoms with Crippen molar-refractivity contribution < 1.29 is 9.66 Å². The van der Waals surface area contributed by atoms with Crippen molar-refractivity contribution in [2.24, 2.45) is 5.73 Å². The average molecular weight is 250 g/mol. The molecule has 1 aromatic rings. The average Bonchev–Trinajstić information content (AvgIpc) is 2.75. The van der Waals surface area contributed by atoms with E-state index < -0.39 is 4.92 Å². The smallest absolute Gasteiger partial charge is 0.273 e. The van der Waals surface area contributed by atoms with Crippen LogP contribution >= 0.6 is 0 Å². The third-order valence-electron chi connectivity index (χ3n) is 3.55. The Kier molecular flexibility index (Phi) is 3.52. The molecule has 5 nitrogen and oxygen atoms in total. The molecule has 0 amide bonds. The van der Waals surface area contributed by atoms with Gasteiger partial charge in [-0.15, -0.1) is 0 Å². The molecule has 0 spiro atoms. The molecule has 0 bridgehead atoms. The zero-order valence-corrected chi connectivity index (χ0v) is 10.5. The van der Waals surface area contributed by atoms with E-state index in [4.69, 9.17) is 10.5 Å². The Morgan fingerprint density at radius 1 is 1.39 bits per heavy atom. The van der Waals surface area contributed by atoms with Crippen molar-refractivity contribution in [1.29, 1.82) is 0 Å². The summed E-state index contributed by atoms with van der Waals surface area (Å²) in [6.45, 7) is 0. The molecule has 0 heterocycles. The van der Waals surface area contributed by atoms with Crippen LogP contribution in [0.2, 0.25) is 0 Å². The normalized spacial score (nSPS) is 17.7. The number of methoxy groups -OCH3 is 1. The van der Waals surface area contributed by atoms with Crippen LogP contribution in [0.15, 0.2) is 18.2 Å². The number of rotatable bonds is 4. The molecular formula is C13H18N2O3. The molecule has 0 aromatic heterocycles. The van der Waals surface area contributed by atoms with E-state index >= 15 is 0 Å². The fourth-order valence-corrected chi connectivity index (χ4v) is 2.63. The summed E-state index contributed by atoms with van der Waals surface area (Å²) in [4.78, 5) is 10.5. The number of nitrogens with zero attached hydrogens (tertiary/aromatic N) is 1. The highest BCUT2D eigenvalue weighted by molar-refractivity contribution is 5.43. The fraction of sp³-hybridized carbons (Fsp3) is 0.538. The van der Waals surface area contributed by atoms with Gasteiger partial charge in [-0.25, -0.2) is 0 Å². The number of hydrogen-bond donors (Lipinski definition) is 1. The minimum absolute atomic E-state index is 0.0611. The van der Waals surface area contributed by atoms with E-state index in [0.717, 1.165) is 31.2 Å². The minimum atomic E-state index is -0.399. The highest BCUT2D eigenvalue weighted by atomic mass is 16.6. The highest BCUT2D eigenvalue weighted by Gasteiger charge is 2.30. The molecule has 2 rings (SSSR count). The predicted molar refractivity (Wildman–Crippen MR) is 68.7 cm³/mol. The van der Waals surface area contributed by atoms with Crippen LogP contribution in [0.5, 0.6) is 5.75 Å². The van der Waals surface area contributed by atoms with E-state index in [9.17, 15) is 10.1 Å². The van der Waals surface area contributed by atoms with Crippen LogP contribution in [0.4, 0.5) is 5.69 Å². The number of benzene rings is 1. The highest BCUT2D eigenvalue weighted by Crippen LogP contribution is 2.32.